The third-order valence-corrected chi connectivity index (χ3v) is 4.18. The molecule has 0 aliphatic carbocycles. The van der Waals surface area contributed by atoms with Gasteiger partial charge in [0.15, 0.2) is 14.9 Å². The maximum atomic E-state index is 11.8. The second kappa shape index (κ2) is 5.42. The molecule has 1 aromatic rings. The van der Waals surface area contributed by atoms with E-state index in [2.05, 4.69) is 4.98 Å². The zero-order valence-corrected chi connectivity index (χ0v) is 10.7. The minimum absolute atomic E-state index is 0.109. The minimum Gasteiger partial charge on any atom is -0.258 e. The molecule has 1 aromatic heterocycles. The fourth-order valence-electron chi connectivity index (χ4n) is 1.31. The summed E-state index contributed by atoms with van der Waals surface area (Å²) in [5.74, 6) is 0.132. The number of aromatic nitrogens is 1. The number of halogens is 1. The Hall–Kier alpha value is -1.21. The second-order valence-electron chi connectivity index (χ2n) is 3.43. The van der Waals surface area contributed by atoms with E-state index in [0.29, 0.717) is 6.42 Å². The Bertz CT molecular complexity index is 530. The Kier molecular flexibility index (Phi) is 4.41. The molecule has 0 amide bonds. The van der Waals surface area contributed by atoms with Gasteiger partial charge in [-0.05, 0) is 18.9 Å². The molecular formula is C9H11ClN2O4S. The summed E-state index contributed by atoms with van der Waals surface area (Å²) in [4.78, 5) is 13.5. The molecule has 0 unspecified atom stereocenters. The van der Waals surface area contributed by atoms with Gasteiger partial charge in [-0.1, -0.05) is 0 Å². The van der Waals surface area contributed by atoms with E-state index in [1.807, 2.05) is 0 Å². The standard InChI is InChI=1S/C9H11ClN2O4S/c1-7-5-8(12(13)14)6-11-9(7)17(15,16)4-2-3-10/h5-6H,2-4H2,1H3. The van der Waals surface area contributed by atoms with Crippen LogP contribution in [0.25, 0.3) is 0 Å². The molecule has 0 aliphatic rings. The molecule has 0 aliphatic heterocycles. The van der Waals surface area contributed by atoms with Gasteiger partial charge in [0.2, 0.25) is 0 Å². The fraction of sp³-hybridized carbons (Fsp3) is 0.444. The van der Waals surface area contributed by atoms with Crippen molar-refractivity contribution in [2.24, 2.45) is 0 Å². The van der Waals surface area contributed by atoms with Crippen molar-refractivity contribution in [1.82, 2.24) is 4.98 Å². The third kappa shape index (κ3) is 3.37. The first-order chi connectivity index (χ1) is 7.88. The lowest BCUT2D eigenvalue weighted by atomic mass is 10.3. The van der Waals surface area contributed by atoms with E-state index in [0.717, 1.165) is 6.20 Å². The number of pyridine rings is 1. The van der Waals surface area contributed by atoms with Crippen molar-refractivity contribution in [3.8, 4) is 0 Å². The number of rotatable bonds is 5. The van der Waals surface area contributed by atoms with E-state index < -0.39 is 14.8 Å². The van der Waals surface area contributed by atoms with Gasteiger partial charge < -0.3 is 0 Å². The predicted molar refractivity (Wildman–Crippen MR) is 63.0 cm³/mol. The Morgan fingerprint density at radius 2 is 2.18 bits per heavy atom. The van der Waals surface area contributed by atoms with Gasteiger partial charge in [0.25, 0.3) is 5.69 Å². The van der Waals surface area contributed by atoms with Gasteiger partial charge in [0.1, 0.15) is 6.20 Å². The summed E-state index contributed by atoms with van der Waals surface area (Å²) in [7, 11) is -3.51. The van der Waals surface area contributed by atoms with Crippen LogP contribution in [-0.2, 0) is 9.84 Å². The van der Waals surface area contributed by atoms with Crippen molar-refractivity contribution in [1.29, 1.82) is 0 Å². The summed E-state index contributed by atoms with van der Waals surface area (Å²) in [6.45, 7) is 1.48. The topological polar surface area (TPSA) is 90.2 Å². The lowest BCUT2D eigenvalue weighted by Crippen LogP contribution is -2.11. The van der Waals surface area contributed by atoms with Crippen LogP contribution in [0.5, 0.6) is 0 Å². The van der Waals surface area contributed by atoms with Crippen LogP contribution in [0.15, 0.2) is 17.3 Å². The molecule has 1 rings (SSSR count). The average Bonchev–Trinajstić information content (AvgIpc) is 2.25. The summed E-state index contributed by atoms with van der Waals surface area (Å²) in [5.41, 5.74) is 0.0487. The number of aryl methyl sites for hydroxylation is 1. The maximum Gasteiger partial charge on any atom is 0.287 e. The number of nitro groups is 1. The van der Waals surface area contributed by atoms with Crippen LogP contribution < -0.4 is 0 Å². The van der Waals surface area contributed by atoms with E-state index in [1.54, 1.807) is 0 Å². The Balaban J connectivity index is 3.12. The molecule has 0 aromatic carbocycles. The molecule has 0 bridgehead atoms. The second-order valence-corrected chi connectivity index (χ2v) is 5.84. The Morgan fingerprint density at radius 1 is 1.53 bits per heavy atom. The van der Waals surface area contributed by atoms with Crippen molar-refractivity contribution >= 4 is 27.1 Å². The summed E-state index contributed by atoms with van der Waals surface area (Å²) in [5, 5.41) is 10.4. The first-order valence-electron chi connectivity index (χ1n) is 4.78. The van der Waals surface area contributed by atoms with Crippen LogP contribution in [0, 0.1) is 17.0 Å². The summed E-state index contributed by atoms with van der Waals surface area (Å²) in [6, 6.07) is 1.20. The van der Waals surface area contributed by atoms with Crippen LogP contribution >= 0.6 is 11.6 Å². The molecule has 0 radical (unpaired) electrons. The molecule has 0 fully saturated rings. The normalized spacial score (nSPS) is 11.4. The molecule has 94 valence electrons. The number of hydrogen-bond donors (Lipinski definition) is 0. The zero-order valence-electron chi connectivity index (χ0n) is 9.09. The monoisotopic (exact) mass is 278 g/mol. The third-order valence-electron chi connectivity index (χ3n) is 2.07. The largest absolute Gasteiger partial charge is 0.287 e. The first kappa shape index (κ1) is 13.9. The molecule has 0 atom stereocenters. The maximum absolute atomic E-state index is 11.8. The highest BCUT2D eigenvalue weighted by Crippen LogP contribution is 2.19. The van der Waals surface area contributed by atoms with Crippen molar-refractivity contribution in [3.05, 3.63) is 27.9 Å². The number of alkyl halides is 1. The minimum atomic E-state index is -3.51. The summed E-state index contributed by atoms with van der Waals surface area (Å²) >= 11 is 5.43. The molecule has 0 N–H and O–H groups in total. The van der Waals surface area contributed by atoms with Gasteiger partial charge in [-0.3, -0.25) is 10.1 Å². The Labute approximate surface area is 104 Å². The van der Waals surface area contributed by atoms with Crippen molar-refractivity contribution in [2.75, 3.05) is 11.6 Å². The molecular weight excluding hydrogens is 268 g/mol. The SMILES string of the molecule is Cc1cc([N+](=O)[O-])cnc1S(=O)(=O)CCCCl. The molecule has 1 heterocycles. The molecule has 8 heteroatoms. The number of sulfone groups is 1. The lowest BCUT2D eigenvalue weighted by Gasteiger charge is -2.05. The quantitative estimate of drug-likeness (QED) is 0.464. The van der Waals surface area contributed by atoms with Crippen LogP contribution in [-0.4, -0.2) is 30.0 Å². The molecule has 0 spiro atoms. The van der Waals surface area contributed by atoms with Crippen molar-refractivity contribution in [2.45, 2.75) is 18.4 Å². The number of nitrogens with zero attached hydrogens (tertiary/aromatic N) is 2. The van der Waals surface area contributed by atoms with E-state index >= 15 is 0 Å². The van der Waals surface area contributed by atoms with E-state index in [9.17, 15) is 18.5 Å². The predicted octanol–water partition coefficient (Wildman–Crippen LogP) is 1.70. The van der Waals surface area contributed by atoms with Crippen LogP contribution in [0.2, 0.25) is 0 Å². The van der Waals surface area contributed by atoms with E-state index in [1.165, 1.54) is 13.0 Å². The highest BCUT2D eigenvalue weighted by Gasteiger charge is 2.20. The number of hydrogen-bond acceptors (Lipinski definition) is 5. The lowest BCUT2D eigenvalue weighted by molar-refractivity contribution is -0.385. The molecule has 6 nitrogen and oxygen atoms in total. The van der Waals surface area contributed by atoms with Gasteiger partial charge in [0, 0.05) is 11.9 Å². The molecule has 17 heavy (non-hydrogen) atoms. The van der Waals surface area contributed by atoms with E-state index in [4.69, 9.17) is 11.6 Å². The van der Waals surface area contributed by atoms with Crippen molar-refractivity contribution in [3.63, 3.8) is 0 Å². The zero-order chi connectivity index (χ0) is 13.1. The summed E-state index contributed by atoms with van der Waals surface area (Å²) in [6.07, 6.45) is 1.27. The highest BCUT2D eigenvalue weighted by molar-refractivity contribution is 7.91. The average molecular weight is 279 g/mol. The molecule has 0 saturated heterocycles. The molecule has 0 saturated carbocycles. The van der Waals surface area contributed by atoms with E-state index in [-0.39, 0.29) is 27.9 Å². The van der Waals surface area contributed by atoms with Gasteiger partial charge >= 0.3 is 0 Å². The van der Waals surface area contributed by atoms with Crippen LogP contribution in [0.4, 0.5) is 5.69 Å². The van der Waals surface area contributed by atoms with Crippen LogP contribution in [0.3, 0.4) is 0 Å². The smallest absolute Gasteiger partial charge is 0.258 e. The fourth-order valence-corrected chi connectivity index (χ4v) is 3.09. The first-order valence-corrected chi connectivity index (χ1v) is 6.97. The van der Waals surface area contributed by atoms with Gasteiger partial charge in [-0.15, -0.1) is 11.6 Å². The van der Waals surface area contributed by atoms with Crippen LogP contribution in [0.1, 0.15) is 12.0 Å². The van der Waals surface area contributed by atoms with Gasteiger partial charge in [0.05, 0.1) is 10.7 Å². The summed E-state index contributed by atoms with van der Waals surface area (Å²) < 4.78 is 23.6. The Morgan fingerprint density at radius 3 is 2.65 bits per heavy atom. The van der Waals surface area contributed by atoms with Gasteiger partial charge in [-0.25, -0.2) is 13.4 Å². The van der Waals surface area contributed by atoms with Crippen molar-refractivity contribution < 1.29 is 13.3 Å². The highest BCUT2D eigenvalue weighted by atomic mass is 35.5. The van der Waals surface area contributed by atoms with Gasteiger partial charge in [-0.2, -0.15) is 0 Å².